The first-order valence-electron chi connectivity index (χ1n) is 5.11. The molecule has 0 aliphatic rings. The molecule has 0 amide bonds. The predicted molar refractivity (Wildman–Crippen MR) is 70.5 cm³/mol. The van der Waals surface area contributed by atoms with E-state index < -0.39 is 0 Å². The lowest BCUT2D eigenvalue weighted by atomic mass is 10.2. The van der Waals surface area contributed by atoms with Crippen LogP contribution in [0.25, 0.3) is 0 Å². The van der Waals surface area contributed by atoms with E-state index in [1.807, 2.05) is 24.0 Å². The van der Waals surface area contributed by atoms with Crippen LogP contribution in [0.4, 0.5) is 0 Å². The number of hydrogen-bond acceptors (Lipinski definition) is 3. The molecule has 2 heterocycles. The van der Waals surface area contributed by atoms with Crippen LogP contribution in [-0.4, -0.2) is 9.78 Å². The Balaban J connectivity index is 1.91. The second-order valence-corrected chi connectivity index (χ2v) is 5.61. The second kappa shape index (κ2) is 5.12. The van der Waals surface area contributed by atoms with Crippen LogP contribution in [0.15, 0.2) is 28.2 Å². The van der Waals surface area contributed by atoms with Crippen LogP contribution in [-0.2, 0) is 13.6 Å². The molecule has 0 radical (unpaired) electrons. The highest BCUT2D eigenvalue weighted by atomic mass is 79.9. The maximum Gasteiger partial charge on any atom is 0.0762 e. The number of aromatic nitrogens is 2. The van der Waals surface area contributed by atoms with Crippen molar-refractivity contribution in [2.45, 2.75) is 19.5 Å². The summed E-state index contributed by atoms with van der Waals surface area (Å²) in [5.41, 5.74) is 1.07. The van der Waals surface area contributed by atoms with Gasteiger partial charge in [-0.2, -0.15) is 5.10 Å². The van der Waals surface area contributed by atoms with Crippen LogP contribution in [0.2, 0.25) is 0 Å². The van der Waals surface area contributed by atoms with Gasteiger partial charge in [-0.05, 0) is 35.0 Å². The fourth-order valence-electron chi connectivity index (χ4n) is 1.47. The molecule has 5 heteroatoms. The molecule has 2 aromatic rings. The van der Waals surface area contributed by atoms with Gasteiger partial charge in [0, 0.05) is 40.6 Å². The van der Waals surface area contributed by atoms with Crippen molar-refractivity contribution in [3.63, 3.8) is 0 Å². The second-order valence-electron chi connectivity index (χ2n) is 3.75. The summed E-state index contributed by atoms with van der Waals surface area (Å²) >= 11 is 5.23. The van der Waals surface area contributed by atoms with Gasteiger partial charge in [0.2, 0.25) is 0 Å². The number of thiophene rings is 1. The molecule has 86 valence electrons. The minimum absolute atomic E-state index is 0.360. The first-order chi connectivity index (χ1) is 7.65. The maximum atomic E-state index is 4.33. The van der Waals surface area contributed by atoms with Gasteiger partial charge in [0.15, 0.2) is 0 Å². The summed E-state index contributed by atoms with van der Waals surface area (Å²) in [6.07, 6.45) is 1.96. The molecule has 0 spiro atoms. The Morgan fingerprint density at radius 3 is 3.00 bits per heavy atom. The summed E-state index contributed by atoms with van der Waals surface area (Å²) in [5, 5.41) is 9.89. The molecule has 0 saturated heterocycles. The zero-order valence-corrected chi connectivity index (χ0v) is 11.7. The van der Waals surface area contributed by atoms with Gasteiger partial charge in [0.1, 0.15) is 0 Å². The van der Waals surface area contributed by atoms with Crippen LogP contribution in [0.3, 0.4) is 0 Å². The van der Waals surface area contributed by atoms with Crippen molar-refractivity contribution in [1.82, 2.24) is 15.1 Å². The maximum absolute atomic E-state index is 4.33. The lowest BCUT2D eigenvalue weighted by Gasteiger charge is -2.10. The van der Waals surface area contributed by atoms with Crippen LogP contribution < -0.4 is 5.32 Å². The molecule has 0 bridgehead atoms. The van der Waals surface area contributed by atoms with E-state index in [0.717, 1.165) is 16.7 Å². The van der Waals surface area contributed by atoms with Crippen molar-refractivity contribution in [3.05, 3.63) is 38.8 Å². The van der Waals surface area contributed by atoms with Gasteiger partial charge >= 0.3 is 0 Å². The highest BCUT2D eigenvalue weighted by molar-refractivity contribution is 9.10. The van der Waals surface area contributed by atoms with E-state index in [1.54, 1.807) is 11.3 Å². The molecule has 3 nitrogen and oxygen atoms in total. The zero-order chi connectivity index (χ0) is 11.5. The average Bonchev–Trinajstić information content (AvgIpc) is 2.84. The lowest BCUT2D eigenvalue weighted by molar-refractivity contribution is 0.569. The van der Waals surface area contributed by atoms with E-state index in [4.69, 9.17) is 0 Å². The van der Waals surface area contributed by atoms with E-state index in [0.29, 0.717) is 6.04 Å². The lowest BCUT2D eigenvalue weighted by Crippen LogP contribution is -2.17. The molecule has 1 N–H and O–H groups in total. The Labute approximate surface area is 108 Å². The first kappa shape index (κ1) is 11.8. The third-order valence-corrected chi connectivity index (χ3v) is 4.25. The molecule has 1 unspecified atom stereocenters. The van der Waals surface area contributed by atoms with Crippen LogP contribution in [0.5, 0.6) is 0 Å². The van der Waals surface area contributed by atoms with Gasteiger partial charge in [-0.25, -0.2) is 0 Å². The molecule has 2 rings (SSSR count). The standard InChI is InChI=1S/C11H14BrN3S/c1-8(11-5-9(12)7-16-11)13-6-10-3-4-15(2)14-10/h3-5,7-8,13H,6H2,1-2H3. The third-order valence-electron chi connectivity index (χ3n) is 2.37. The zero-order valence-electron chi connectivity index (χ0n) is 9.27. The highest BCUT2D eigenvalue weighted by Gasteiger charge is 2.07. The molecule has 2 aromatic heterocycles. The number of aryl methyl sites for hydroxylation is 1. The number of halogens is 1. The van der Waals surface area contributed by atoms with Crippen LogP contribution in [0.1, 0.15) is 23.5 Å². The Kier molecular flexibility index (Phi) is 3.78. The summed E-state index contributed by atoms with van der Waals surface area (Å²) in [5.74, 6) is 0. The SMILES string of the molecule is CC(NCc1ccn(C)n1)c1cc(Br)cs1. The average molecular weight is 300 g/mol. The van der Waals surface area contributed by atoms with E-state index in [1.165, 1.54) is 4.88 Å². The van der Waals surface area contributed by atoms with Crippen LogP contribution in [0, 0.1) is 0 Å². The number of rotatable bonds is 4. The summed E-state index contributed by atoms with van der Waals surface area (Å²) in [7, 11) is 1.93. The molecule has 0 saturated carbocycles. The molecule has 16 heavy (non-hydrogen) atoms. The topological polar surface area (TPSA) is 29.9 Å². The van der Waals surface area contributed by atoms with Gasteiger partial charge in [0.05, 0.1) is 5.69 Å². The third kappa shape index (κ3) is 2.93. The van der Waals surface area contributed by atoms with Crippen molar-refractivity contribution in [1.29, 1.82) is 0 Å². The quantitative estimate of drug-likeness (QED) is 0.940. The Morgan fingerprint density at radius 2 is 2.44 bits per heavy atom. The van der Waals surface area contributed by atoms with Crippen molar-refractivity contribution >= 4 is 27.3 Å². The van der Waals surface area contributed by atoms with E-state index in [-0.39, 0.29) is 0 Å². The van der Waals surface area contributed by atoms with Gasteiger partial charge in [0.25, 0.3) is 0 Å². The minimum Gasteiger partial charge on any atom is -0.304 e. The van der Waals surface area contributed by atoms with Gasteiger partial charge < -0.3 is 5.32 Å². The molecule has 0 fully saturated rings. The highest BCUT2D eigenvalue weighted by Crippen LogP contribution is 2.25. The fraction of sp³-hybridized carbons (Fsp3) is 0.364. The summed E-state index contributed by atoms with van der Waals surface area (Å²) in [6.45, 7) is 2.97. The van der Waals surface area contributed by atoms with Gasteiger partial charge in [-0.3, -0.25) is 4.68 Å². The largest absolute Gasteiger partial charge is 0.304 e. The molecular weight excluding hydrogens is 286 g/mol. The normalized spacial score (nSPS) is 12.9. The van der Waals surface area contributed by atoms with Crippen molar-refractivity contribution in [2.75, 3.05) is 0 Å². The van der Waals surface area contributed by atoms with E-state index in [9.17, 15) is 0 Å². The molecule has 0 aliphatic heterocycles. The molecule has 1 atom stereocenters. The predicted octanol–water partition coefficient (Wildman–Crippen LogP) is 3.09. The first-order valence-corrected chi connectivity index (χ1v) is 6.78. The Bertz CT molecular complexity index is 463. The minimum atomic E-state index is 0.360. The molecule has 0 aromatic carbocycles. The summed E-state index contributed by atoms with van der Waals surface area (Å²) < 4.78 is 2.97. The Morgan fingerprint density at radius 1 is 1.62 bits per heavy atom. The van der Waals surface area contributed by atoms with Crippen molar-refractivity contribution in [3.8, 4) is 0 Å². The van der Waals surface area contributed by atoms with Gasteiger partial charge in [-0.15, -0.1) is 11.3 Å². The van der Waals surface area contributed by atoms with Crippen molar-refractivity contribution in [2.24, 2.45) is 7.05 Å². The summed E-state index contributed by atoms with van der Waals surface area (Å²) in [4.78, 5) is 1.34. The molecule has 0 aliphatic carbocycles. The summed E-state index contributed by atoms with van der Waals surface area (Å²) in [6, 6.07) is 4.54. The van der Waals surface area contributed by atoms with E-state index in [2.05, 4.69) is 44.7 Å². The van der Waals surface area contributed by atoms with Crippen LogP contribution >= 0.6 is 27.3 Å². The van der Waals surface area contributed by atoms with E-state index >= 15 is 0 Å². The fourth-order valence-corrected chi connectivity index (χ4v) is 2.95. The molecular formula is C11H14BrN3S. The number of hydrogen-bond donors (Lipinski definition) is 1. The van der Waals surface area contributed by atoms with Gasteiger partial charge in [-0.1, -0.05) is 0 Å². The smallest absolute Gasteiger partial charge is 0.0762 e. The monoisotopic (exact) mass is 299 g/mol. The number of nitrogens with one attached hydrogen (secondary N) is 1. The Hall–Kier alpha value is -0.650. The number of nitrogens with zero attached hydrogens (tertiary/aromatic N) is 2. The van der Waals surface area contributed by atoms with Crippen molar-refractivity contribution < 1.29 is 0 Å².